The van der Waals surface area contributed by atoms with Gasteiger partial charge in [-0.05, 0) is 56.2 Å². The Morgan fingerprint density at radius 1 is 1.18 bits per heavy atom. The van der Waals surface area contributed by atoms with Crippen molar-refractivity contribution in [2.24, 2.45) is 0 Å². The lowest BCUT2D eigenvalue weighted by Crippen LogP contribution is -2.41. The number of rotatable bonds is 5. The van der Waals surface area contributed by atoms with E-state index in [1.807, 2.05) is 23.1 Å². The summed E-state index contributed by atoms with van der Waals surface area (Å²) in [7, 11) is 0. The van der Waals surface area contributed by atoms with E-state index in [9.17, 15) is 9.59 Å². The number of likely N-dealkylation sites (tertiary alicyclic amines) is 1. The topological polar surface area (TPSA) is 59.5 Å². The second kappa shape index (κ2) is 8.10. The van der Waals surface area contributed by atoms with Gasteiger partial charge < -0.3 is 9.64 Å². The van der Waals surface area contributed by atoms with Crippen molar-refractivity contribution in [1.29, 1.82) is 0 Å². The molecule has 6 heteroatoms. The molecule has 1 unspecified atom stereocenters. The lowest BCUT2D eigenvalue weighted by molar-refractivity contribution is -0.134. The number of nitrogens with zero attached hydrogens (tertiary/aromatic N) is 2. The molecule has 5 nitrogen and oxygen atoms in total. The first-order valence-electron chi connectivity index (χ1n) is 9.47. The molecule has 4 rings (SSSR count). The van der Waals surface area contributed by atoms with Gasteiger partial charge in [-0.25, -0.2) is 4.98 Å². The predicted molar refractivity (Wildman–Crippen MR) is 110 cm³/mol. The van der Waals surface area contributed by atoms with Gasteiger partial charge in [0.25, 0.3) is 5.91 Å². The van der Waals surface area contributed by atoms with Gasteiger partial charge in [0.15, 0.2) is 12.4 Å². The summed E-state index contributed by atoms with van der Waals surface area (Å²) in [5.74, 6) is 0.876. The van der Waals surface area contributed by atoms with Crippen LogP contribution in [0, 0.1) is 0 Å². The number of Topliss-reactive ketones (excluding diaryl/α,β-unsaturated/α-hetero) is 1. The fraction of sp³-hybridized carbons (Fsp3) is 0.318. The first-order valence-corrected chi connectivity index (χ1v) is 10.3. The van der Waals surface area contributed by atoms with E-state index in [4.69, 9.17) is 9.72 Å². The Hall–Kier alpha value is -2.73. The van der Waals surface area contributed by atoms with E-state index >= 15 is 0 Å². The largest absolute Gasteiger partial charge is 0.484 e. The number of carbonyl (C=O) groups is 2. The number of benzene rings is 2. The monoisotopic (exact) mass is 394 g/mol. The minimum atomic E-state index is -0.0125. The molecule has 3 aromatic rings. The molecular weight excluding hydrogens is 372 g/mol. The number of thiazole rings is 1. The second-order valence-electron chi connectivity index (χ2n) is 7.07. The van der Waals surface area contributed by atoms with E-state index in [-0.39, 0.29) is 24.2 Å². The minimum absolute atomic E-state index is 0.00594. The average molecular weight is 394 g/mol. The summed E-state index contributed by atoms with van der Waals surface area (Å²) >= 11 is 1.72. The number of hydrogen-bond acceptors (Lipinski definition) is 5. The zero-order valence-electron chi connectivity index (χ0n) is 15.8. The molecule has 2 heterocycles. The molecule has 1 atom stereocenters. The molecule has 28 heavy (non-hydrogen) atoms. The molecule has 1 aromatic heterocycles. The Morgan fingerprint density at radius 2 is 1.96 bits per heavy atom. The third kappa shape index (κ3) is 4.07. The maximum Gasteiger partial charge on any atom is 0.260 e. The molecule has 1 aliphatic rings. The number of para-hydroxylation sites is 1. The van der Waals surface area contributed by atoms with Crippen molar-refractivity contribution in [3.8, 4) is 5.75 Å². The van der Waals surface area contributed by atoms with Crippen molar-refractivity contribution >= 4 is 33.2 Å². The number of carbonyl (C=O) groups excluding carboxylic acids is 2. The number of hydrogen-bond donors (Lipinski definition) is 0. The highest BCUT2D eigenvalue weighted by atomic mass is 32.1. The van der Waals surface area contributed by atoms with E-state index in [0.717, 1.165) is 29.9 Å². The van der Waals surface area contributed by atoms with Crippen molar-refractivity contribution < 1.29 is 14.3 Å². The van der Waals surface area contributed by atoms with Crippen LogP contribution in [0.1, 0.15) is 41.0 Å². The van der Waals surface area contributed by atoms with Crippen LogP contribution >= 0.6 is 11.3 Å². The number of ether oxygens (including phenoxy) is 1. The second-order valence-corrected chi connectivity index (χ2v) is 8.13. The zero-order valence-corrected chi connectivity index (χ0v) is 16.6. The first-order chi connectivity index (χ1) is 13.6. The standard InChI is InChI=1S/C22H22N2O3S/c1-15(25)16-8-10-18(11-9-16)27-14-21(26)24-12-4-5-17(13-24)22-23-19-6-2-3-7-20(19)28-22/h2-3,6-11,17H,4-5,12-14H2,1H3. The Morgan fingerprint density at radius 3 is 2.71 bits per heavy atom. The van der Waals surface area contributed by atoms with Crippen molar-refractivity contribution in [2.75, 3.05) is 19.7 Å². The van der Waals surface area contributed by atoms with Crippen LogP contribution in [0.5, 0.6) is 5.75 Å². The maximum absolute atomic E-state index is 12.6. The summed E-state index contributed by atoms with van der Waals surface area (Å²) in [5, 5.41) is 1.11. The van der Waals surface area contributed by atoms with Gasteiger partial charge in [0, 0.05) is 24.6 Å². The smallest absolute Gasteiger partial charge is 0.260 e. The maximum atomic E-state index is 12.6. The van der Waals surface area contributed by atoms with Crippen molar-refractivity contribution in [1.82, 2.24) is 9.88 Å². The van der Waals surface area contributed by atoms with Crippen molar-refractivity contribution in [3.63, 3.8) is 0 Å². The molecule has 1 aliphatic heterocycles. The summed E-state index contributed by atoms with van der Waals surface area (Å²) in [5.41, 5.74) is 1.66. The van der Waals surface area contributed by atoms with E-state index < -0.39 is 0 Å². The van der Waals surface area contributed by atoms with Gasteiger partial charge in [-0.2, -0.15) is 0 Å². The summed E-state index contributed by atoms with van der Waals surface area (Å²) in [6.45, 7) is 2.97. The molecule has 0 spiro atoms. The van der Waals surface area contributed by atoms with Crippen LogP contribution in [0.4, 0.5) is 0 Å². The molecule has 0 saturated carbocycles. The fourth-order valence-electron chi connectivity index (χ4n) is 3.49. The average Bonchev–Trinajstić information content (AvgIpc) is 3.17. The predicted octanol–water partition coefficient (Wildman–Crippen LogP) is 4.28. The van der Waals surface area contributed by atoms with Crippen LogP contribution < -0.4 is 4.74 Å². The van der Waals surface area contributed by atoms with Crippen LogP contribution in [0.15, 0.2) is 48.5 Å². The molecule has 0 radical (unpaired) electrons. The highest BCUT2D eigenvalue weighted by Crippen LogP contribution is 2.33. The van der Waals surface area contributed by atoms with Gasteiger partial charge >= 0.3 is 0 Å². The molecule has 0 bridgehead atoms. The number of ketones is 1. The third-order valence-corrected chi connectivity index (χ3v) is 6.26. The van der Waals surface area contributed by atoms with Crippen LogP contribution in [0.2, 0.25) is 0 Å². The number of amides is 1. The van der Waals surface area contributed by atoms with Crippen molar-refractivity contribution in [2.45, 2.75) is 25.7 Å². The first kappa shape index (κ1) is 18.6. The number of fused-ring (bicyclic) bond motifs is 1. The lowest BCUT2D eigenvalue weighted by Gasteiger charge is -2.31. The van der Waals surface area contributed by atoms with Gasteiger partial charge in [-0.3, -0.25) is 9.59 Å². The Balaban J connectivity index is 1.37. The van der Waals surface area contributed by atoms with Crippen LogP contribution in [0.3, 0.4) is 0 Å². The van der Waals surface area contributed by atoms with Gasteiger partial charge in [0.1, 0.15) is 5.75 Å². The Labute approximate surface area is 168 Å². The van der Waals surface area contributed by atoms with Gasteiger partial charge in [-0.15, -0.1) is 11.3 Å². The van der Waals surface area contributed by atoms with E-state index in [1.165, 1.54) is 11.6 Å². The van der Waals surface area contributed by atoms with Crippen LogP contribution in [-0.4, -0.2) is 41.3 Å². The van der Waals surface area contributed by atoms with E-state index in [0.29, 0.717) is 17.9 Å². The zero-order chi connectivity index (χ0) is 19.5. The van der Waals surface area contributed by atoms with Gasteiger partial charge in [0.2, 0.25) is 0 Å². The van der Waals surface area contributed by atoms with E-state index in [2.05, 4.69) is 6.07 Å². The molecule has 1 fully saturated rings. The molecule has 2 aromatic carbocycles. The van der Waals surface area contributed by atoms with Gasteiger partial charge in [-0.1, -0.05) is 12.1 Å². The summed E-state index contributed by atoms with van der Waals surface area (Å²) in [6, 6.07) is 15.0. The molecular formula is C22H22N2O3S. The molecule has 0 N–H and O–H groups in total. The SMILES string of the molecule is CC(=O)c1ccc(OCC(=O)N2CCCC(c3nc4ccccc4s3)C2)cc1. The quantitative estimate of drug-likeness (QED) is 0.606. The summed E-state index contributed by atoms with van der Waals surface area (Å²) < 4.78 is 6.82. The van der Waals surface area contributed by atoms with Gasteiger partial charge in [0.05, 0.1) is 15.2 Å². The molecule has 144 valence electrons. The number of piperidine rings is 1. The van der Waals surface area contributed by atoms with Crippen LogP contribution in [-0.2, 0) is 4.79 Å². The Bertz CT molecular complexity index is 963. The molecule has 1 saturated heterocycles. The summed E-state index contributed by atoms with van der Waals surface area (Å²) in [4.78, 5) is 30.6. The lowest BCUT2D eigenvalue weighted by atomic mass is 9.99. The highest BCUT2D eigenvalue weighted by Gasteiger charge is 2.27. The normalized spacial score (nSPS) is 16.9. The minimum Gasteiger partial charge on any atom is -0.484 e. The third-order valence-electron chi connectivity index (χ3n) is 5.06. The fourth-order valence-corrected chi connectivity index (χ4v) is 4.59. The van der Waals surface area contributed by atoms with Crippen LogP contribution in [0.25, 0.3) is 10.2 Å². The summed E-state index contributed by atoms with van der Waals surface area (Å²) in [6.07, 6.45) is 2.02. The highest BCUT2D eigenvalue weighted by molar-refractivity contribution is 7.18. The molecule has 0 aliphatic carbocycles. The van der Waals surface area contributed by atoms with E-state index in [1.54, 1.807) is 35.6 Å². The molecule has 1 amide bonds. The Kier molecular flexibility index (Phi) is 5.39. The van der Waals surface area contributed by atoms with Crippen molar-refractivity contribution in [3.05, 3.63) is 59.1 Å². The number of aromatic nitrogens is 1.